The molecule has 9 nitrogen and oxygen atoms in total. The van der Waals surface area contributed by atoms with Crippen LogP contribution in [0.3, 0.4) is 0 Å². The van der Waals surface area contributed by atoms with Crippen LogP contribution in [0, 0.1) is 0 Å². The number of ether oxygens (including phenoxy) is 4. The largest absolute Gasteiger partial charge is 0.492 e. The van der Waals surface area contributed by atoms with Crippen LogP contribution in [0.25, 0.3) is 0 Å². The van der Waals surface area contributed by atoms with Crippen LogP contribution in [-0.4, -0.2) is 99.8 Å². The Balaban J connectivity index is 1.04. The van der Waals surface area contributed by atoms with Crippen LogP contribution in [0.15, 0.2) is 72.8 Å². The van der Waals surface area contributed by atoms with Crippen molar-refractivity contribution in [2.24, 2.45) is 0 Å². The fourth-order valence-electron chi connectivity index (χ4n) is 7.02. The van der Waals surface area contributed by atoms with Crippen molar-refractivity contribution in [2.45, 2.75) is 43.8 Å². The number of likely N-dealkylation sites (tertiary alicyclic amines) is 2. The standard InChI is InChI=1S/C37H47N3O6/c1-43-21-5-16-39-20-23-45-35-13-8-28(24-34(35)39)27-46-36-26-40(37(41)42)18-15-33(36)30-9-11-32(12-10-30)44-22-19-38-17-14-31(25-38)29-6-3-2-4-7-29/h2-4,6-13,24,31,33,36H,5,14-23,25-27H2,1H3,(H,41,42). The van der Waals surface area contributed by atoms with E-state index in [-0.39, 0.29) is 12.0 Å². The molecular weight excluding hydrogens is 582 g/mol. The lowest BCUT2D eigenvalue weighted by Gasteiger charge is -2.37. The summed E-state index contributed by atoms with van der Waals surface area (Å²) in [6, 6.07) is 25.3. The van der Waals surface area contributed by atoms with Crippen molar-refractivity contribution in [3.05, 3.63) is 89.5 Å². The summed E-state index contributed by atoms with van der Waals surface area (Å²) in [7, 11) is 1.73. The third-order valence-electron chi connectivity index (χ3n) is 9.58. The topological polar surface area (TPSA) is 83.9 Å². The average molecular weight is 630 g/mol. The van der Waals surface area contributed by atoms with E-state index in [9.17, 15) is 9.90 Å². The smallest absolute Gasteiger partial charge is 0.407 e. The fourth-order valence-corrected chi connectivity index (χ4v) is 7.02. The molecule has 2 fully saturated rings. The van der Waals surface area contributed by atoms with Crippen molar-refractivity contribution in [1.82, 2.24) is 9.80 Å². The minimum absolute atomic E-state index is 0.0932. The summed E-state index contributed by atoms with van der Waals surface area (Å²) in [6.45, 7) is 8.11. The quantitative estimate of drug-likeness (QED) is 0.236. The van der Waals surface area contributed by atoms with Gasteiger partial charge in [0, 0.05) is 45.8 Å². The van der Waals surface area contributed by atoms with Gasteiger partial charge < -0.3 is 33.9 Å². The number of fused-ring (bicyclic) bond motifs is 1. The van der Waals surface area contributed by atoms with Crippen molar-refractivity contribution in [2.75, 3.05) is 77.6 Å². The van der Waals surface area contributed by atoms with Gasteiger partial charge in [-0.25, -0.2) is 4.79 Å². The molecule has 0 bridgehead atoms. The van der Waals surface area contributed by atoms with Crippen molar-refractivity contribution < 1.29 is 28.8 Å². The summed E-state index contributed by atoms with van der Waals surface area (Å²) >= 11 is 0. The number of rotatable bonds is 13. The molecule has 9 heteroatoms. The van der Waals surface area contributed by atoms with E-state index in [2.05, 4.69) is 58.3 Å². The van der Waals surface area contributed by atoms with Crippen LogP contribution in [0.4, 0.5) is 10.5 Å². The van der Waals surface area contributed by atoms with E-state index >= 15 is 0 Å². The van der Waals surface area contributed by atoms with Crippen molar-refractivity contribution >= 4 is 11.8 Å². The zero-order valence-corrected chi connectivity index (χ0v) is 26.9. The number of nitrogens with zero attached hydrogens (tertiary/aromatic N) is 3. The third-order valence-corrected chi connectivity index (χ3v) is 9.58. The molecule has 0 spiro atoms. The zero-order valence-electron chi connectivity index (χ0n) is 26.9. The number of anilines is 1. The first-order valence-corrected chi connectivity index (χ1v) is 16.7. The first-order chi connectivity index (χ1) is 22.6. The fraction of sp³-hybridized carbons (Fsp3) is 0.486. The zero-order chi connectivity index (χ0) is 31.7. The van der Waals surface area contributed by atoms with Gasteiger partial charge in [-0.1, -0.05) is 48.5 Å². The first-order valence-electron chi connectivity index (χ1n) is 16.7. The summed E-state index contributed by atoms with van der Waals surface area (Å²) in [5, 5.41) is 9.74. The minimum Gasteiger partial charge on any atom is -0.492 e. The highest BCUT2D eigenvalue weighted by atomic mass is 16.5. The second-order valence-corrected chi connectivity index (χ2v) is 12.6. The van der Waals surface area contributed by atoms with Crippen molar-refractivity contribution in [3.63, 3.8) is 0 Å². The molecule has 1 N–H and O–H groups in total. The molecule has 6 rings (SSSR count). The molecule has 3 unspecified atom stereocenters. The molecule has 3 aromatic rings. The van der Waals surface area contributed by atoms with Gasteiger partial charge in [-0.2, -0.15) is 0 Å². The highest BCUT2D eigenvalue weighted by Gasteiger charge is 2.33. The SMILES string of the molecule is COCCCN1CCOc2ccc(COC3CN(C(=O)O)CCC3c3ccc(OCCN4CCC(c5ccccc5)C4)cc3)cc21. The molecule has 0 aliphatic carbocycles. The maximum atomic E-state index is 11.9. The van der Waals surface area contributed by atoms with Gasteiger partial charge in [0.2, 0.25) is 0 Å². The Hall–Kier alpha value is -3.79. The molecule has 46 heavy (non-hydrogen) atoms. The third kappa shape index (κ3) is 8.13. The van der Waals surface area contributed by atoms with Crippen LogP contribution >= 0.6 is 0 Å². The van der Waals surface area contributed by atoms with Crippen LogP contribution < -0.4 is 14.4 Å². The highest BCUT2D eigenvalue weighted by Crippen LogP contribution is 2.35. The lowest BCUT2D eigenvalue weighted by molar-refractivity contribution is -0.0199. The minimum atomic E-state index is -0.901. The van der Waals surface area contributed by atoms with Crippen LogP contribution in [0.2, 0.25) is 0 Å². The lowest BCUT2D eigenvalue weighted by Crippen LogP contribution is -2.46. The Morgan fingerprint density at radius 3 is 2.57 bits per heavy atom. The molecule has 3 aromatic carbocycles. The molecule has 3 heterocycles. The maximum Gasteiger partial charge on any atom is 0.407 e. The van der Waals surface area contributed by atoms with Gasteiger partial charge in [-0.3, -0.25) is 4.90 Å². The van der Waals surface area contributed by atoms with E-state index in [1.165, 1.54) is 16.9 Å². The number of hydrogen-bond acceptors (Lipinski definition) is 7. The normalized spacial score (nSPS) is 21.5. The molecule has 246 valence electrons. The van der Waals surface area contributed by atoms with E-state index in [4.69, 9.17) is 18.9 Å². The first kappa shape index (κ1) is 32.2. The molecule has 3 aliphatic heterocycles. The van der Waals surface area contributed by atoms with Crippen molar-refractivity contribution in [1.29, 1.82) is 0 Å². The molecule has 3 atom stereocenters. The second kappa shape index (κ2) is 15.7. The Bertz CT molecular complexity index is 1400. The Labute approximate surface area is 272 Å². The monoisotopic (exact) mass is 629 g/mol. The second-order valence-electron chi connectivity index (χ2n) is 12.6. The molecule has 1 amide bonds. The molecule has 0 radical (unpaired) electrons. The summed E-state index contributed by atoms with van der Waals surface area (Å²) in [5.41, 5.74) is 4.70. The number of hydrogen-bond donors (Lipinski definition) is 1. The van der Waals surface area contributed by atoms with E-state index in [1.54, 1.807) is 7.11 Å². The van der Waals surface area contributed by atoms with Crippen LogP contribution in [-0.2, 0) is 16.1 Å². The predicted octanol–water partition coefficient (Wildman–Crippen LogP) is 5.84. The van der Waals surface area contributed by atoms with E-state index in [0.29, 0.717) is 45.2 Å². The Morgan fingerprint density at radius 2 is 1.76 bits per heavy atom. The van der Waals surface area contributed by atoms with Gasteiger partial charge in [-0.15, -0.1) is 0 Å². The number of methoxy groups -OCH3 is 1. The summed E-state index contributed by atoms with van der Waals surface area (Å²) in [4.78, 5) is 18.2. The Morgan fingerprint density at radius 1 is 0.913 bits per heavy atom. The van der Waals surface area contributed by atoms with E-state index in [0.717, 1.165) is 74.1 Å². The Kier molecular flexibility index (Phi) is 11.0. The lowest BCUT2D eigenvalue weighted by atomic mass is 9.87. The summed E-state index contributed by atoms with van der Waals surface area (Å²) in [5.74, 6) is 2.44. The molecule has 3 aliphatic rings. The highest BCUT2D eigenvalue weighted by molar-refractivity contribution is 5.65. The predicted molar refractivity (Wildman–Crippen MR) is 178 cm³/mol. The van der Waals surface area contributed by atoms with Crippen LogP contribution in [0.1, 0.15) is 47.8 Å². The number of carboxylic acid groups (broad SMARTS) is 1. The summed E-state index contributed by atoms with van der Waals surface area (Å²) < 4.78 is 23.8. The van der Waals surface area contributed by atoms with Gasteiger partial charge in [0.25, 0.3) is 0 Å². The van der Waals surface area contributed by atoms with Gasteiger partial charge in [0.1, 0.15) is 24.7 Å². The number of piperidine rings is 1. The van der Waals surface area contributed by atoms with E-state index in [1.807, 2.05) is 24.3 Å². The molecular formula is C37H47N3O6. The van der Waals surface area contributed by atoms with E-state index < -0.39 is 6.09 Å². The van der Waals surface area contributed by atoms with Crippen molar-refractivity contribution in [3.8, 4) is 11.5 Å². The van der Waals surface area contributed by atoms with Gasteiger partial charge in [0.05, 0.1) is 31.5 Å². The van der Waals surface area contributed by atoms with Crippen LogP contribution in [0.5, 0.6) is 11.5 Å². The number of amides is 1. The average Bonchev–Trinajstić information content (AvgIpc) is 3.57. The number of carbonyl (C=O) groups is 1. The molecule has 0 aromatic heterocycles. The maximum absolute atomic E-state index is 11.9. The number of benzene rings is 3. The molecule has 2 saturated heterocycles. The van der Waals surface area contributed by atoms with Gasteiger partial charge >= 0.3 is 6.09 Å². The molecule has 0 saturated carbocycles. The van der Waals surface area contributed by atoms with Gasteiger partial charge in [0.15, 0.2) is 0 Å². The summed E-state index contributed by atoms with van der Waals surface area (Å²) in [6.07, 6.45) is 1.69. The van der Waals surface area contributed by atoms with Gasteiger partial charge in [-0.05, 0) is 72.7 Å².